The van der Waals surface area contributed by atoms with Crippen LogP contribution in [-0.4, -0.2) is 48.0 Å². The summed E-state index contributed by atoms with van der Waals surface area (Å²) >= 11 is 0. The molecule has 1 fully saturated rings. The molecule has 1 aromatic heterocycles. The zero-order valence-electron chi connectivity index (χ0n) is 13.7. The molecule has 0 aromatic carbocycles. The van der Waals surface area contributed by atoms with Gasteiger partial charge in [0, 0.05) is 6.54 Å². The van der Waals surface area contributed by atoms with Crippen molar-refractivity contribution >= 4 is 16.1 Å². The highest BCUT2D eigenvalue weighted by Gasteiger charge is 2.36. The van der Waals surface area contributed by atoms with Crippen LogP contribution in [0, 0.1) is 0 Å². The monoisotopic (exact) mass is 346 g/mol. The first-order valence-electron chi connectivity index (χ1n) is 7.32. The van der Waals surface area contributed by atoms with E-state index in [0.29, 0.717) is 18.8 Å². The third-order valence-electron chi connectivity index (χ3n) is 3.15. The second kappa shape index (κ2) is 6.44. The average molecular weight is 346 g/mol. The van der Waals surface area contributed by atoms with Crippen molar-refractivity contribution in [3.8, 4) is 0 Å². The predicted molar refractivity (Wildman–Crippen MR) is 80.9 cm³/mol. The van der Waals surface area contributed by atoms with Crippen molar-refractivity contribution in [1.29, 1.82) is 0 Å². The van der Waals surface area contributed by atoms with E-state index in [0.717, 1.165) is 12.7 Å². The number of aromatic nitrogens is 2. The van der Waals surface area contributed by atoms with Gasteiger partial charge in [0.1, 0.15) is 5.60 Å². The number of ether oxygens (including phenoxy) is 1. The molecule has 23 heavy (non-hydrogen) atoms. The summed E-state index contributed by atoms with van der Waals surface area (Å²) < 4.78 is 34.8. The number of hydrogen-bond donors (Lipinski definition) is 1. The molecule has 0 bridgehead atoms. The van der Waals surface area contributed by atoms with Gasteiger partial charge in [-0.1, -0.05) is 5.16 Å². The lowest BCUT2D eigenvalue weighted by Gasteiger charge is -2.27. The van der Waals surface area contributed by atoms with Crippen LogP contribution in [0.3, 0.4) is 0 Å². The van der Waals surface area contributed by atoms with Crippen LogP contribution in [0.2, 0.25) is 0 Å². The van der Waals surface area contributed by atoms with E-state index in [4.69, 9.17) is 9.26 Å². The molecule has 0 saturated carbocycles. The normalized spacial score (nSPS) is 19.1. The molecule has 9 nitrogen and oxygen atoms in total. The molecule has 0 aliphatic carbocycles. The van der Waals surface area contributed by atoms with Crippen molar-refractivity contribution in [3.63, 3.8) is 0 Å². The van der Waals surface area contributed by atoms with Crippen LogP contribution in [-0.2, 0) is 21.3 Å². The zero-order valence-corrected chi connectivity index (χ0v) is 14.5. The van der Waals surface area contributed by atoms with Gasteiger partial charge in [-0.15, -0.1) is 0 Å². The Bertz CT molecular complexity index is 664. The fourth-order valence-corrected chi connectivity index (χ4v) is 2.63. The number of nitrogens with one attached hydrogen (secondary N) is 1. The largest absolute Gasteiger partial charge is 0.444 e. The lowest BCUT2D eigenvalue weighted by atomic mass is 10.2. The zero-order chi connectivity index (χ0) is 17.3. The number of nitrogens with zero attached hydrogens (tertiary/aromatic N) is 3. The topological polar surface area (TPSA) is 115 Å². The molecule has 0 radical (unpaired) electrons. The highest BCUT2D eigenvalue weighted by molar-refractivity contribution is 7.88. The molecule has 1 aromatic rings. The maximum Gasteiger partial charge on any atom is 0.410 e. The Morgan fingerprint density at radius 3 is 2.78 bits per heavy atom. The van der Waals surface area contributed by atoms with Crippen molar-refractivity contribution < 1.29 is 22.5 Å². The first-order chi connectivity index (χ1) is 10.6. The van der Waals surface area contributed by atoms with E-state index in [2.05, 4.69) is 14.9 Å². The van der Waals surface area contributed by atoms with Gasteiger partial charge in [0.2, 0.25) is 15.9 Å². The number of sulfonamides is 1. The van der Waals surface area contributed by atoms with E-state index in [1.807, 2.05) is 0 Å². The second-order valence-electron chi connectivity index (χ2n) is 6.47. The predicted octanol–water partition coefficient (Wildman–Crippen LogP) is 1.19. The molecule has 1 atom stereocenters. The molecule has 1 amide bonds. The minimum atomic E-state index is -3.34. The van der Waals surface area contributed by atoms with E-state index in [9.17, 15) is 13.2 Å². The Balaban J connectivity index is 2.05. The Kier molecular flexibility index (Phi) is 4.95. The van der Waals surface area contributed by atoms with Crippen LogP contribution < -0.4 is 4.72 Å². The van der Waals surface area contributed by atoms with E-state index in [1.54, 1.807) is 25.7 Å². The maximum absolute atomic E-state index is 12.2. The van der Waals surface area contributed by atoms with Gasteiger partial charge >= 0.3 is 6.09 Å². The lowest BCUT2D eigenvalue weighted by Crippen LogP contribution is -2.36. The Morgan fingerprint density at radius 2 is 2.17 bits per heavy atom. The molecule has 1 saturated heterocycles. The number of hydrogen-bond acceptors (Lipinski definition) is 7. The van der Waals surface area contributed by atoms with Crippen LogP contribution in [0.1, 0.15) is 51.4 Å². The third-order valence-corrected chi connectivity index (χ3v) is 3.82. The van der Waals surface area contributed by atoms with E-state index in [-0.39, 0.29) is 18.5 Å². The lowest BCUT2D eigenvalue weighted by molar-refractivity contribution is 0.0217. The average Bonchev–Trinajstić information content (AvgIpc) is 3.02. The quantitative estimate of drug-likeness (QED) is 0.870. The van der Waals surface area contributed by atoms with Crippen LogP contribution in [0.25, 0.3) is 0 Å². The number of carbonyl (C=O) groups is 1. The van der Waals surface area contributed by atoms with Gasteiger partial charge in [-0.05, 0) is 33.6 Å². The summed E-state index contributed by atoms with van der Waals surface area (Å²) in [5, 5.41) is 3.86. The van der Waals surface area contributed by atoms with Crippen molar-refractivity contribution in [1.82, 2.24) is 19.8 Å². The molecule has 1 unspecified atom stereocenters. The second-order valence-corrected chi connectivity index (χ2v) is 8.30. The summed E-state index contributed by atoms with van der Waals surface area (Å²) in [6.45, 7) is 5.90. The molecule has 2 heterocycles. The van der Waals surface area contributed by atoms with Gasteiger partial charge in [0.25, 0.3) is 0 Å². The van der Waals surface area contributed by atoms with E-state index >= 15 is 0 Å². The SMILES string of the molecule is CC(C)(C)OC(=O)N1CCCC1c1noc(CNS(C)(=O)=O)n1. The Morgan fingerprint density at radius 1 is 1.48 bits per heavy atom. The molecule has 0 spiro atoms. The van der Waals surface area contributed by atoms with Gasteiger partial charge < -0.3 is 9.26 Å². The standard InChI is InChI=1S/C13H22N4O5S/c1-13(2,3)21-12(18)17-7-5-6-9(17)11-15-10(22-16-11)8-14-23(4,19)20/h9,14H,5-8H2,1-4H3. The fourth-order valence-electron chi connectivity index (χ4n) is 2.24. The summed E-state index contributed by atoms with van der Waals surface area (Å²) in [4.78, 5) is 18.0. The van der Waals surface area contributed by atoms with Gasteiger partial charge in [0.15, 0.2) is 5.82 Å². The summed E-state index contributed by atoms with van der Waals surface area (Å²) in [6.07, 6.45) is 2.15. The van der Waals surface area contributed by atoms with Gasteiger partial charge in [-0.2, -0.15) is 4.98 Å². The van der Waals surface area contributed by atoms with Crippen LogP contribution >= 0.6 is 0 Å². The van der Waals surface area contributed by atoms with Crippen LogP contribution in [0.15, 0.2) is 4.52 Å². The maximum atomic E-state index is 12.2. The van der Waals surface area contributed by atoms with Gasteiger partial charge in [-0.3, -0.25) is 4.90 Å². The summed E-state index contributed by atoms with van der Waals surface area (Å²) in [7, 11) is -3.34. The first-order valence-corrected chi connectivity index (χ1v) is 9.21. The Hall–Kier alpha value is -1.68. The van der Waals surface area contributed by atoms with Crippen LogP contribution in [0.4, 0.5) is 4.79 Å². The first kappa shape index (κ1) is 17.7. The molecule has 10 heteroatoms. The van der Waals surface area contributed by atoms with Crippen molar-refractivity contribution in [2.45, 2.75) is 51.8 Å². The van der Waals surface area contributed by atoms with Crippen molar-refractivity contribution in [3.05, 3.63) is 11.7 Å². The fraction of sp³-hybridized carbons (Fsp3) is 0.769. The van der Waals surface area contributed by atoms with Gasteiger partial charge in [0.05, 0.1) is 18.8 Å². The molecule has 2 rings (SSSR count). The smallest absolute Gasteiger partial charge is 0.410 e. The molecule has 1 N–H and O–H groups in total. The number of amides is 1. The minimum absolute atomic E-state index is 0.0784. The number of likely N-dealkylation sites (tertiary alicyclic amines) is 1. The summed E-state index contributed by atoms with van der Waals surface area (Å²) in [6, 6.07) is -0.319. The van der Waals surface area contributed by atoms with Gasteiger partial charge in [-0.25, -0.2) is 17.9 Å². The molecule has 1 aliphatic heterocycles. The summed E-state index contributed by atoms with van der Waals surface area (Å²) in [5.74, 6) is 0.514. The van der Waals surface area contributed by atoms with Crippen molar-refractivity contribution in [2.24, 2.45) is 0 Å². The highest BCUT2D eigenvalue weighted by atomic mass is 32.2. The van der Waals surface area contributed by atoms with Crippen molar-refractivity contribution in [2.75, 3.05) is 12.8 Å². The summed E-state index contributed by atoms with van der Waals surface area (Å²) in [5.41, 5.74) is -0.577. The molecule has 130 valence electrons. The minimum Gasteiger partial charge on any atom is -0.444 e. The van der Waals surface area contributed by atoms with E-state index in [1.165, 1.54) is 0 Å². The van der Waals surface area contributed by atoms with E-state index < -0.39 is 21.7 Å². The molecule has 1 aliphatic rings. The Labute approximate surface area is 135 Å². The highest BCUT2D eigenvalue weighted by Crippen LogP contribution is 2.31. The van der Waals surface area contributed by atoms with Crippen LogP contribution in [0.5, 0.6) is 0 Å². The molecular weight excluding hydrogens is 324 g/mol. The third kappa shape index (κ3) is 5.17. The molecular formula is C13H22N4O5S. The number of carbonyl (C=O) groups excluding carboxylic acids is 1. The number of rotatable bonds is 4.